The Morgan fingerprint density at radius 2 is 0.979 bits per heavy atom. The van der Waals surface area contributed by atoms with Crippen LogP contribution in [-0.4, -0.2) is 41.0 Å². The van der Waals surface area contributed by atoms with Crippen molar-refractivity contribution in [1.82, 2.24) is 0 Å². The van der Waals surface area contributed by atoms with Gasteiger partial charge in [-0.1, -0.05) is 134 Å². The van der Waals surface area contributed by atoms with Gasteiger partial charge in [0.2, 0.25) is 0 Å². The third-order valence-electron chi connectivity index (χ3n) is 7.88. The van der Waals surface area contributed by atoms with Crippen LogP contribution >= 0.6 is 7.82 Å². The fourth-order valence-electron chi connectivity index (χ4n) is 5.03. The van der Waals surface area contributed by atoms with E-state index in [2.05, 4.69) is 54.8 Å². The predicted molar refractivity (Wildman–Crippen MR) is 193 cm³/mol. The summed E-state index contributed by atoms with van der Waals surface area (Å²) in [7, 11) is -4.75. The molecule has 0 saturated carbocycles. The Labute approximate surface area is 287 Å². The fourth-order valence-corrected chi connectivity index (χ4v) is 5.39. The van der Waals surface area contributed by atoms with Crippen LogP contribution in [0.25, 0.3) is 0 Å². The van der Waals surface area contributed by atoms with Crippen LogP contribution in [0, 0.1) is 0 Å². The van der Waals surface area contributed by atoms with Gasteiger partial charge in [0.1, 0.15) is 6.61 Å². The first-order valence-corrected chi connectivity index (χ1v) is 20.3. The van der Waals surface area contributed by atoms with Crippen molar-refractivity contribution in [3.63, 3.8) is 0 Å². The van der Waals surface area contributed by atoms with E-state index in [4.69, 9.17) is 19.3 Å². The smallest absolute Gasteiger partial charge is 0.462 e. The molecular formula is C38H69O8P. The molecule has 0 aromatic heterocycles. The Bertz CT molecular complexity index is 864. The number of phosphoric acid groups is 1. The summed E-state index contributed by atoms with van der Waals surface area (Å²) in [5, 5.41) is 0. The summed E-state index contributed by atoms with van der Waals surface area (Å²) >= 11 is 0. The van der Waals surface area contributed by atoms with Gasteiger partial charge in [-0.25, -0.2) is 4.57 Å². The van der Waals surface area contributed by atoms with Gasteiger partial charge in [0.15, 0.2) is 6.10 Å². The third-order valence-corrected chi connectivity index (χ3v) is 8.37. The molecule has 0 heterocycles. The van der Waals surface area contributed by atoms with E-state index >= 15 is 0 Å². The van der Waals surface area contributed by atoms with Crippen LogP contribution in [0.1, 0.15) is 174 Å². The van der Waals surface area contributed by atoms with E-state index in [1.54, 1.807) is 0 Å². The quantitative estimate of drug-likeness (QED) is 0.0297. The number of rotatable bonds is 34. The summed E-state index contributed by atoms with van der Waals surface area (Å²) in [5.74, 6) is -0.920. The second-order valence-electron chi connectivity index (χ2n) is 12.5. The Kier molecular flexibility index (Phi) is 32.9. The molecule has 0 aromatic rings. The molecule has 1 atom stereocenters. The second-order valence-corrected chi connectivity index (χ2v) is 13.8. The maximum atomic E-state index is 12.3. The van der Waals surface area contributed by atoms with E-state index < -0.39 is 32.5 Å². The van der Waals surface area contributed by atoms with E-state index in [1.165, 1.54) is 64.2 Å². The van der Waals surface area contributed by atoms with Crippen LogP contribution in [0.2, 0.25) is 0 Å². The molecule has 274 valence electrons. The molecule has 0 aliphatic rings. The van der Waals surface area contributed by atoms with Gasteiger partial charge in [0, 0.05) is 12.8 Å². The highest BCUT2D eigenvalue weighted by atomic mass is 31.2. The van der Waals surface area contributed by atoms with E-state index in [9.17, 15) is 14.2 Å². The van der Waals surface area contributed by atoms with Crippen molar-refractivity contribution < 1.29 is 37.9 Å². The highest BCUT2D eigenvalue weighted by molar-refractivity contribution is 7.46. The van der Waals surface area contributed by atoms with Gasteiger partial charge < -0.3 is 19.3 Å². The Balaban J connectivity index is 4.02. The molecule has 0 spiro atoms. The number of ether oxygens (including phenoxy) is 2. The standard InChI is InChI=1S/C38H69O8P/c1-3-5-7-9-11-13-15-17-19-21-23-25-27-29-31-33-38(40)46-36(35-45-47(41,42)43)34-44-37(39)32-30-28-26-24-22-20-18-16-14-12-10-8-6-4-2/h10,12,16,18,21,23,36H,3-9,11,13-15,17,19-20,22,24-35H2,1-2H3,(H2,41,42,43)/b12-10+,18-16+,23-21+/t36-/m1/s1. The van der Waals surface area contributed by atoms with Crippen LogP contribution in [0.5, 0.6) is 0 Å². The lowest BCUT2D eigenvalue weighted by Crippen LogP contribution is -2.29. The molecule has 0 aromatic carbocycles. The molecule has 0 saturated heterocycles. The lowest BCUT2D eigenvalue weighted by Gasteiger charge is -2.18. The maximum absolute atomic E-state index is 12.3. The van der Waals surface area contributed by atoms with Crippen molar-refractivity contribution in [2.24, 2.45) is 0 Å². The lowest BCUT2D eigenvalue weighted by atomic mass is 10.1. The summed E-state index contributed by atoms with van der Waals surface area (Å²) in [5.41, 5.74) is 0. The monoisotopic (exact) mass is 684 g/mol. The summed E-state index contributed by atoms with van der Waals surface area (Å²) in [6, 6.07) is 0. The summed E-state index contributed by atoms with van der Waals surface area (Å²) in [6.45, 7) is 3.60. The summed E-state index contributed by atoms with van der Waals surface area (Å²) < 4.78 is 26.3. The highest BCUT2D eigenvalue weighted by Crippen LogP contribution is 2.36. The van der Waals surface area contributed by atoms with Crippen LogP contribution in [-0.2, 0) is 28.2 Å². The molecule has 2 N–H and O–H groups in total. The van der Waals surface area contributed by atoms with Crippen molar-refractivity contribution in [2.45, 2.75) is 180 Å². The minimum Gasteiger partial charge on any atom is -0.462 e. The molecule has 0 fully saturated rings. The van der Waals surface area contributed by atoms with E-state index in [0.717, 1.165) is 70.6 Å². The zero-order valence-corrected chi connectivity index (χ0v) is 30.8. The predicted octanol–water partition coefficient (Wildman–Crippen LogP) is 11.0. The summed E-state index contributed by atoms with van der Waals surface area (Å²) in [6.07, 6.45) is 38.6. The highest BCUT2D eigenvalue weighted by Gasteiger charge is 2.22. The molecule has 47 heavy (non-hydrogen) atoms. The topological polar surface area (TPSA) is 119 Å². The van der Waals surface area contributed by atoms with Crippen molar-refractivity contribution >= 4 is 19.8 Å². The Morgan fingerprint density at radius 1 is 0.553 bits per heavy atom. The maximum Gasteiger partial charge on any atom is 0.469 e. The minimum atomic E-state index is -4.75. The van der Waals surface area contributed by atoms with E-state index in [-0.39, 0.29) is 19.4 Å². The molecule has 8 nitrogen and oxygen atoms in total. The number of allylic oxidation sites excluding steroid dienone is 6. The van der Waals surface area contributed by atoms with Crippen molar-refractivity contribution in [3.05, 3.63) is 36.5 Å². The number of carbonyl (C=O) groups is 2. The van der Waals surface area contributed by atoms with Gasteiger partial charge in [-0.15, -0.1) is 0 Å². The Hall–Kier alpha value is -1.73. The molecule has 0 radical (unpaired) electrons. The average Bonchev–Trinajstić information content (AvgIpc) is 3.03. The molecule has 0 aliphatic heterocycles. The molecule has 0 unspecified atom stereocenters. The van der Waals surface area contributed by atoms with Gasteiger partial charge in [-0.3, -0.25) is 14.1 Å². The van der Waals surface area contributed by atoms with Crippen molar-refractivity contribution in [1.29, 1.82) is 0 Å². The average molecular weight is 685 g/mol. The van der Waals surface area contributed by atoms with Gasteiger partial charge in [-0.2, -0.15) is 0 Å². The van der Waals surface area contributed by atoms with Gasteiger partial charge in [0.05, 0.1) is 6.61 Å². The van der Waals surface area contributed by atoms with E-state index in [0.29, 0.717) is 12.8 Å². The van der Waals surface area contributed by atoms with E-state index in [1.807, 2.05) is 0 Å². The van der Waals surface area contributed by atoms with Gasteiger partial charge in [0.25, 0.3) is 0 Å². The minimum absolute atomic E-state index is 0.189. The first kappa shape index (κ1) is 45.3. The molecular weight excluding hydrogens is 615 g/mol. The number of phosphoric ester groups is 1. The van der Waals surface area contributed by atoms with Gasteiger partial charge in [-0.05, 0) is 64.2 Å². The molecule has 0 rings (SSSR count). The summed E-state index contributed by atoms with van der Waals surface area (Å²) in [4.78, 5) is 42.7. The van der Waals surface area contributed by atoms with Crippen molar-refractivity contribution in [2.75, 3.05) is 13.2 Å². The molecule has 9 heteroatoms. The van der Waals surface area contributed by atoms with Crippen LogP contribution in [0.4, 0.5) is 0 Å². The fraction of sp³-hybridized carbons (Fsp3) is 0.789. The number of carbonyl (C=O) groups excluding carboxylic acids is 2. The van der Waals surface area contributed by atoms with Crippen molar-refractivity contribution in [3.8, 4) is 0 Å². The Morgan fingerprint density at radius 3 is 1.51 bits per heavy atom. The molecule has 0 aliphatic carbocycles. The normalized spacial score (nSPS) is 12.9. The van der Waals surface area contributed by atoms with Crippen LogP contribution in [0.15, 0.2) is 36.5 Å². The first-order valence-electron chi connectivity index (χ1n) is 18.8. The number of hydrogen-bond donors (Lipinski definition) is 2. The largest absolute Gasteiger partial charge is 0.469 e. The number of hydrogen-bond acceptors (Lipinski definition) is 6. The zero-order valence-electron chi connectivity index (χ0n) is 29.9. The third kappa shape index (κ3) is 36.9. The number of esters is 2. The SMILES string of the molecule is CCCC/C=C/C/C=C/CCCCCCCC(=O)OC[C@H](COP(=O)(O)O)OC(=O)CCCCC/C=C/CCCCCCCCCC. The second kappa shape index (κ2) is 34.1. The first-order chi connectivity index (χ1) is 22.8. The zero-order chi connectivity index (χ0) is 34.7. The van der Waals surface area contributed by atoms with Crippen LogP contribution in [0.3, 0.4) is 0 Å². The van der Waals surface area contributed by atoms with Crippen LogP contribution < -0.4 is 0 Å². The molecule has 0 amide bonds. The van der Waals surface area contributed by atoms with Gasteiger partial charge >= 0.3 is 19.8 Å². The molecule has 0 bridgehead atoms. The lowest BCUT2D eigenvalue weighted by molar-refractivity contribution is -0.161. The number of unbranched alkanes of at least 4 members (excludes halogenated alkanes) is 18.